The van der Waals surface area contributed by atoms with Crippen molar-refractivity contribution in [1.82, 2.24) is 9.97 Å². The number of nitrogens with zero attached hydrogens (tertiary/aromatic N) is 2. The normalized spacial score (nSPS) is 32.0. The molecule has 3 rings (SSSR count). The molecule has 8 nitrogen and oxygen atoms in total. The number of aromatic nitrogens is 2. The maximum atomic E-state index is 11.7. The van der Waals surface area contributed by atoms with Gasteiger partial charge in [-0.15, -0.1) is 0 Å². The van der Waals surface area contributed by atoms with Gasteiger partial charge in [0.05, 0.1) is 12.2 Å². The van der Waals surface area contributed by atoms with Crippen molar-refractivity contribution in [2.24, 2.45) is 11.7 Å². The van der Waals surface area contributed by atoms with Gasteiger partial charge in [0.15, 0.2) is 0 Å². The zero-order valence-corrected chi connectivity index (χ0v) is 15.1. The van der Waals surface area contributed by atoms with E-state index >= 15 is 0 Å². The Morgan fingerprint density at radius 3 is 2.62 bits per heavy atom. The topological polar surface area (TPSA) is 131 Å². The van der Waals surface area contributed by atoms with Crippen LogP contribution in [0.3, 0.4) is 0 Å². The molecular formula is C18H28N4O4. The van der Waals surface area contributed by atoms with Gasteiger partial charge in [0.1, 0.15) is 17.5 Å². The summed E-state index contributed by atoms with van der Waals surface area (Å²) in [7, 11) is 0. The molecule has 8 heteroatoms. The molecule has 1 aromatic heterocycles. The lowest BCUT2D eigenvalue weighted by atomic mass is 9.85. The highest BCUT2D eigenvalue weighted by atomic mass is 16.5. The highest BCUT2D eigenvalue weighted by Gasteiger charge is 2.28. The molecule has 0 aliphatic heterocycles. The fourth-order valence-electron chi connectivity index (χ4n) is 3.65. The van der Waals surface area contributed by atoms with Crippen LogP contribution in [0, 0.1) is 5.92 Å². The highest BCUT2D eigenvalue weighted by Crippen LogP contribution is 2.28. The molecule has 2 fully saturated rings. The van der Waals surface area contributed by atoms with E-state index in [9.17, 15) is 15.0 Å². The SMILES string of the molecule is C[C@@H]1CC[C@@H](Nc2nc(O[C@H]3CC[C@H](O)CC3)ncc2C(N)=O)C[C@H]1O. The van der Waals surface area contributed by atoms with Crippen LogP contribution < -0.4 is 15.8 Å². The van der Waals surface area contributed by atoms with Crippen LogP contribution in [0.1, 0.15) is 62.2 Å². The van der Waals surface area contributed by atoms with Crippen molar-refractivity contribution in [3.63, 3.8) is 0 Å². The summed E-state index contributed by atoms with van der Waals surface area (Å²) in [6.07, 6.45) is 6.00. The van der Waals surface area contributed by atoms with Crippen molar-refractivity contribution in [2.75, 3.05) is 5.32 Å². The van der Waals surface area contributed by atoms with Crippen LogP contribution in [0.4, 0.5) is 5.82 Å². The van der Waals surface area contributed by atoms with E-state index < -0.39 is 5.91 Å². The Balaban J connectivity index is 1.71. The Morgan fingerprint density at radius 2 is 1.96 bits per heavy atom. The summed E-state index contributed by atoms with van der Waals surface area (Å²) in [6, 6.07) is 0.218. The van der Waals surface area contributed by atoms with E-state index in [4.69, 9.17) is 10.5 Å². The van der Waals surface area contributed by atoms with E-state index in [2.05, 4.69) is 15.3 Å². The maximum absolute atomic E-state index is 11.7. The van der Waals surface area contributed by atoms with Gasteiger partial charge in [-0.3, -0.25) is 4.79 Å². The van der Waals surface area contributed by atoms with E-state index in [0.717, 1.165) is 25.7 Å². The lowest BCUT2D eigenvalue weighted by Crippen LogP contribution is -2.35. The summed E-state index contributed by atoms with van der Waals surface area (Å²) < 4.78 is 5.83. The first-order valence-corrected chi connectivity index (χ1v) is 9.38. The number of hydrogen-bond donors (Lipinski definition) is 4. The number of anilines is 1. The van der Waals surface area contributed by atoms with Gasteiger partial charge in [-0.05, 0) is 50.9 Å². The molecule has 2 aliphatic rings. The molecule has 1 heterocycles. The van der Waals surface area contributed by atoms with Crippen molar-refractivity contribution in [3.05, 3.63) is 11.8 Å². The fraction of sp³-hybridized carbons (Fsp3) is 0.722. The average molecular weight is 364 g/mol. The maximum Gasteiger partial charge on any atom is 0.318 e. The number of nitrogens with one attached hydrogen (secondary N) is 1. The molecule has 26 heavy (non-hydrogen) atoms. The van der Waals surface area contributed by atoms with Gasteiger partial charge in [-0.1, -0.05) is 6.92 Å². The van der Waals surface area contributed by atoms with Crippen molar-refractivity contribution >= 4 is 11.7 Å². The number of aliphatic hydroxyl groups excluding tert-OH is 2. The van der Waals surface area contributed by atoms with Gasteiger partial charge >= 0.3 is 6.01 Å². The summed E-state index contributed by atoms with van der Waals surface area (Å²) in [5.41, 5.74) is 5.65. The quantitative estimate of drug-likeness (QED) is 0.618. The molecule has 3 atom stereocenters. The average Bonchev–Trinajstić information content (AvgIpc) is 2.60. The molecule has 2 saturated carbocycles. The number of primary amides is 1. The second kappa shape index (κ2) is 8.18. The van der Waals surface area contributed by atoms with Crippen LogP contribution >= 0.6 is 0 Å². The lowest BCUT2D eigenvalue weighted by Gasteiger charge is -2.32. The van der Waals surface area contributed by atoms with E-state index in [1.54, 1.807) is 0 Å². The van der Waals surface area contributed by atoms with Crippen molar-refractivity contribution < 1.29 is 19.7 Å². The van der Waals surface area contributed by atoms with E-state index in [1.807, 2.05) is 6.92 Å². The van der Waals surface area contributed by atoms with Crippen molar-refractivity contribution in [2.45, 2.75) is 76.2 Å². The summed E-state index contributed by atoms with van der Waals surface area (Å²) in [6.45, 7) is 2.04. The zero-order chi connectivity index (χ0) is 18.7. The number of rotatable bonds is 5. The van der Waals surface area contributed by atoms with Gasteiger partial charge in [0, 0.05) is 12.2 Å². The Kier molecular flexibility index (Phi) is 5.93. The second-order valence-electron chi connectivity index (χ2n) is 7.53. The van der Waals surface area contributed by atoms with Gasteiger partial charge in [-0.25, -0.2) is 4.98 Å². The molecule has 0 aromatic carbocycles. The Labute approximate surface area is 153 Å². The number of aliphatic hydroxyl groups is 2. The van der Waals surface area contributed by atoms with Crippen LogP contribution in [0.25, 0.3) is 0 Å². The van der Waals surface area contributed by atoms with Crippen LogP contribution in [-0.4, -0.2) is 50.4 Å². The lowest BCUT2D eigenvalue weighted by molar-refractivity contribution is 0.0617. The van der Waals surface area contributed by atoms with Crippen LogP contribution in [-0.2, 0) is 0 Å². The molecule has 0 spiro atoms. The molecule has 2 aliphatic carbocycles. The minimum atomic E-state index is -0.607. The van der Waals surface area contributed by atoms with E-state index in [0.29, 0.717) is 25.1 Å². The summed E-state index contributed by atoms with van der Waals surface area (Å²) in [5.74, 6) is 0.0178. The number of carbonyl (C=O) groups excluding carboxylic acids is 1. The number of ether oxygens (including phenoxy) is 1. The van der Waals surface area contributed by atoms with Crippen molar-refractivity contribution in [1.29, 1.82) is 0 Å². The molecular weight excluding hydrogens is 336 g/mol. The molecule has 1 amide bonds. The number of amides is 1. The second-order valence-corrected chi connectivity index (χ2v) is 7.53. The third-order valence-corrected chi connectivity index (χ3v) is 5.44. The van der Waals surface area contributed by atoms with Crippen LogP contribution in [0.15, 0.2) is 6.20 Å². The molecule has 0 saturated heterocycles. The minimum absolute atomic E-state index is 0.0203. The van der Waals surface area contributed by atoms with Gasteiger partial charge in [0.2, 0.25) is 0 Å². The van der Waals surface area contributed by atoms with Gasteiger partial charge < -0.3 is 26.0 Å². The predicted molar refractivity (Wildman–Crippen MR) is 95.9 cm³/mol. The first-order valence-electron chi connectivity index (χ1n) is 9.38. The Bertz CT molecular complexity index is 634. The number of nitrogens with two attached hydrogens (primary N) is 1. The third-order valence-electron chi connectivity index (χ3n) is 5.44. The standard InChI is InChI=1S/C18H28N4O4/c1-10-2-3-11(8-15(10)24)21-17-14(16(19)25)9-20-18(22-17)26-13-6-4-12(23)5-7-13/h9-13,15,23-24H,2-8H2,1H3,(H2,19,25)(H,20,21,22)/t10-,11-,12-,13-,15-/m1/s1. The first-order chi connectivity index (χ1) is 12.4. The zero-order valence-electron chi connectivity index (χ0n) is 15.1. The molecule has 5 N–H and O–H groups in total. The summed E-state index contributed by atoms with van der Waals surface area (Å²) in [4.78, 5) is 20.2. The highest BCUT2D eigenvalue weighted by molar-refractivity contribution is 5.97. The molecule has 0 radical (unpaired) electrons. The van der Waals surface area contributed by atoms with Crippen LogP contribution in [0.2, 0.25) is 0 Å². The minimum Gasteiger partial charge on any atom is -0.460 e. The monoisotopic (exact) mass is 364 g/mol. The van der Waals surface area contributed by atoms with Crippen molar-refractivity contribution in [3.8, 4) is 6.01 Å². The molecule has 0 unspecified atom stereocenters. The van der Waals surface area contributed by atoms with E-state index in [-0.39, 0.29) is 41.8 Å². The fourth-order valence-corrected chi connectivity index (χ4v) is 3.65. The molecule has 144 valence electrons. The Hall–Kier alpha value is -1.93. The number of carbonyl (C=O) groups is 1. The summed E-state index contributed by atoms with van der Waals surface area (Å²) in [5, 5.41) is 22.9. The third kappa shape index (κ3) is 4.62. The largest absolute Gasteiger partial charge is 0.460 e. The predicted octanol–water partition coefficient (Wildman–Crippen LogP) is 1.22. The van der Waals surface area contributed by atoms with E-state index in [1.165, 1.54) is 6.20 Å². The summed E-state index contributed by atoms with van der Waals surface area (Å²) >= 11 is 0. The Morgan fingerprint density at radius 1 is 1.23 bits per heavy atom. The van der Waals surface area contributed by atoms with Gasteiger partial charge in [0.25, 0.3) is 5.91 Å². The molecule has 0 bridgehead atoms. The molecule has 1 aromatic rings. The van der Waals surface area contributed by atoms with Gasteiger partial charge in [-0.2, -0.15) is 4.98 Å². The number of hydrogen-bond acceptors (Lipinski definition) is 7. The smallest absolute Gasteiger partial charge is 0.318 e. The van der Waals surface area contributed by atoms with Crippen LogP contribution in [0.5, 0.6) is 6.01 Å². The first kappa shape index (κ1) is 18.8.